The second-order valence-electron chi connectivity index (χ2n) is 5.12. The largest absolute Gasteiger partial charge is 0.462 e. The zero-order chi connectivity index (χ0) is 15.1. The molecule has 7 nitrogen and oxygen atoms in total. The summed E-state index contributed by atoms with van der Waals surface area (Å²) in [6, 6.07) is -0.146. The molecule has 1 amide bonds. The number of amides is 1. The van der Waals surface area contributed by atoms with E-state index in [0.29, 0.717) is 19.3 Å². The summed E-state index contributed by atoms with van der Waals surface area (Å²) in [6.07, 6.45) is 2.09. The van der Waals surface area contributed by atoms with Crippen molar-refractivity contribution < 1.29 is 26.9 Å². The van der Waals surface area contributed by atoms with Crippen molar-refractivity contribution in [1.29, 1.82) is 0 Å². The van der Waals surface area contributed by atoms with Crippen molar-refractivity contribution in [1.82, 2.24) is 5.32 Å². The number of carbonyl (C=O) groups is 2. The highest BCUT2D eigenvalue weighted by molar-refractivity contribution is 7.85. The van der Waals surface area contributed by atoms with Crippen LogP contribution in [-0.4, -0.2) is 45.3 Å². The average Bonchev–Trinajstić information content (AvgIpc) is 2.59. The minimum absolute atomic E-state index is 0.0444. The molecule has 1 unspecified atom stereocenters. The van der Waals surface area contributed by atoms with Gasteiger partial charge in [0.2, 0.25) is 5.91 Å². The summed E-state index contributed by atoms with van der Waals surface area (Å²) in [4.78, 5) is 20.3. The van der Waals surface area contributed by atoms with E-state index in [1.54, 1.807) is 0 Å². The van der Waals surface area contributed by atoms with Gasteiger partial charge in [0, 0.05) is 6.42 Å². The molecule has 0 aromatic rings. The topological polar surface area (TPSA) is 98.8 Å². The van der Waals surface area contributed by atoms with Gasteiger partial charge >= 0.3 is 0 Å². The Kier molecular flexibility index (Phi) is 6.99. The lowest BCUT2D eigenvalue weighted by Crippen LogP contribution is -2.30. The van der Waals surface area contributed by atoms with Gasteiger partial charge in [0.05, 0.1) is 18.9 Å². The fraction of sp³-hybridized carbons (Fsp3) is 0.818. The summed E-state index contributed by atoms with van der Waals surface area (Å²) >= 11 is 0. The number of hydrogen-bond acceptors (Lipinski definition) is 6. The van der Waals surface area contributed by atoms with Gasteiger partial charge in [0.15, 0.2) is 0 Å². The summed E-state index contributed by atoms with van der Waals surface area (Å²) in [6.45, 7) is 5.97. The first-order valence-corrected chi connectivity index (χ1v) is 7.60. The molecule has 112 valence electrons. The molecule has 8 heteroatoms. The van der Waals surface area contributed by atoms with E-state index in [9.17, 15) is 18.0 Å². The Morgan fingerprint density at radius 2 is 2.00 bits per heavy atom. The summed E-state index contributed by atoms with van der Waals surface area (Å²) in [7, 11) is -3.38. The molecule has 0 bridgehead atoms. The summed E-state index contributed by atoms with van der Waals surface area (Å²) in [5.74, 6) is -0.0444. The zero-order valence-electron chi connectivity index (χ0n) is 11.6. The fourth-order valence-corrected chi connectivity index (χ4v) is 1.56. The van der Waals surface area contributed by atoms with Gasteiger partial charge in [-0.25, -0.2) is 0 Å². The van der Waals surface area contributed by atoms with Crippen LogP contribution in [0.2, 0.25) is 0 Å². The van der Waals surface area contributed by atoms with E-state index in [4.69, 9.17) is 0 Å². The van der Waals surface area contributed by atoms with Crippen molar-refractivity contribution in [3.63, 3.8) is 0 Å². The molecule has 1 rings (SSSR count). The Morgan fingerprint density at radius 3 is 2.26 bits per heavy atom. The Hall–Kier alpha value is -1.15. The van der Waals surface area contributed by atoms with Crippen molar-refractivity contribution in [2.45, 2.75) is 45.3 Å². The number of ether oxygens (including phenoxy) is 1. The van der Waals surface area contributed by atoms with Gasteiger partial charge in [-0.15, -0.1) is 0 Å². The normalized spacial score (nSPS) is 19.2. The molecule has 19 heavy (non-hydrogen) atoms. The van der Waals surface area contributed by atoms with Crippen LogP contribution in [0.3, 0.4) is 0 Å². The lowest BCUT2D eigenvalue weighted by Gasteiger charge is -2.14. The van der Waals surface area contributed by atoms with Crippen LogP contribution in [0.5, 0.6) is 0 Å². The second kappa shape index (κ2) is 7.44. The van der Waals surface area contributed by atoms with E-state index in [2.05, 4.69) is 14.2 Å². The van der Waals surface area contributed by atoms with E-state index in [-0.39, 0.29) is 24.2 Å². The lowest BCUT2D eigenvalue weighted by atomic mass is 10.2. The molecule has 0 spiro atoms. The molecular formula is C11H21NO6S. The minimum Gasteiger partial charge on any atom is -0.462 e. The molecule has 0 aliphatic carbocycles. The van der Waals surface area contributed by atoms with Crippen molar-refractivity contribution in [3.05, 3.63) is 0 Å². The standard InChI is InChI=1S/C6H11NO4S.C5H10O2/c1-12(9,10)11-4-5-2-3-6(8)7-5;1-5(2,3)7-4-6/h5H,2-4H2,1H3,(H,7,8);4H,1-3H3. The van der Waals surface area contributed by atoms with Crippen molar-refractivity contribution >= 4 is 22.5 Å². The fourth-order valence-electron chi connectivity index (χ4n) is 1.15. The van der Waals surface area contributed by atoms with Crippen LogP contribution in [0.4, 0.5) is 0 Å². The van der Waals surface area contributed by atoms with Gasteiger partial charge in [0.1, 0.15) is 5.60 Å². The highest BCUT2D eigenvalue weighted by atomic mass is 32.2. The summed E-state index contributed by atoms with van der Waals surface area (Å²) in [5, 5.41) is 2.60. The van der Waals surface area contributed by atoms with E-state index in [0.717, 1.165) is 6.26 Å². The maximum atomic E-state index is 10.7. The van der Waals surface area contributed by atoms with Crippen molar-refractivity contribution in [2.75, 3.05) is 12.9 Å². The summed E-state index contributed by atoms with van der Waals surface area (Å²) in [5.41, 5.74) is -0.318. The van der Waals surface area contributed by atoms with Gasteiger partial charge in [-0.1, -0.05) is 0 Å². The van der Waals surface area contributed by atoms with Crippen LogP contribution < -0.4 is 5.32 Å². The molecule has 1 aliphatic heterocycles. The smallest absolute Gasteiger partial charge is 0.293 e. The maximum Gasteiger partial charge on any atom is 0.293 e. The molecule has 0 radical (unpaired) electrons. The van der Waals surface area contributed by atoms with E-state index in [1.807, 2.05) is 20.8 Å². The van der Waals surface area contributed by atoms with Gasteiger partial charge in [-0.3, -0.25) is 13.8 Å². The monoisotopic (exact) mass is 295 g/mol. The van der Waals surface area contributed by atoms with Crippen LogP contribution in [-0.2, 0) is 28.6 Å². The van der Waals surface area contributed by atoms with Crippen LogP contribution >= 0.6 is 0 Å². The predicted molar refractivity (Wildman–Crippen MR) is 68.9 cm³/mol. The molecular weight excluding hydrogens is 274 g/mol. The molecule has 1 atom stereocenters. The average molecular weight is 295 g/mol. The molecule has 0 aromatic carbocycles. The lowest BCUT2D eigenvalue weighted by molar-refractivity contribution is -0.138. The van der Waals surface area contributed by atoms with E-state index in [1.165, 1.54) is 0 Å². The van der Waals surface area contributed by atoms with E-state index >= 15 is 0 Å². The quantitative estimate of drug-likeness (QED) is 0.587. The van der Waals surface area contributed by atoms with Crippen LogP contribution in [0.1, 0.15) is 33.6 Å². The van der Waals surface area contributed by atoms with Crippen LogP contribution in [0.15, 0.2) is 0 Å². The molecule has 1 aliphatic rings. The minimum atomic E-state index is -3.38. The first-order chi connectivity index (χ1) is 8.53. The van der Waals surface area contributed by atoms with Gasteiger partial charge in [-0.2, -0.15) is 8.42 Å². The Balaban J connectivity index is 0.000000399. The molecule has 1 heterocycles. The number of nitrogens with one attached hydrogen (secondary N) is 1. The Labute approximate surface area is 113 Å². The Morgan fingerprint density at radius 1 is 1.42 bits per heavy atom. The molecule has 1 fully saturated rings. The first kappa shape index (κ1) is 17.8. The van der Waals surface area contributed by atoms with Gasteiger partial charge < -0.3 is 10.1 Å². The van der Waals surface area contributed by atoms with Gasteiger partial charge in [-0.05, 0) is 27.2 Å². The number of rotatable bonds is 4. The molecule has 0 aromatic heterocycles. The van der Waals surface area contributed by atoms with Crippen LogP contribution in [0, 0.1) is 0 Å². The zero-order valence-corrected chi connectivity index (χ0v) is 12.5. The second-order valence-corrected chi connectivity index (χ2v) is 6.76. The van der Waals surface area contributed by atoms with Crippen molar-refractivity contribution in [2.24, 2.45) is 0 Å². The third-order valence-corrected chi connectivity index (χ3v) is 2.53. The third-order valence-electron chi connectivity index (χ3n) is 1.97. The molecule has 0 saturated carbocycles. The molecule has 1 saturated heterocycles. The predicted octanol–water partition coefficient (Wildman–Crippen LogP) is 0.199. The van der Waals surface area contributed by atoms with Gasteiger partial charge in [0.25, 0.3) is 16.6 Å². The summed E-state index contributed by atoms with van der Waals surface area (Å²) < 4.78 is 30.1. The highest BCUT2D eigenvalue weighted by Crippen LogP contribution is 2.07. The molecule has 1 N–H and O–H groups in total. The Bertz CT molecular complexity index is 398. The SMILES string of the molecule is CC(C)(C)OC=O.CS(=O)(=O)OCC1CCC(=O)N1. The number of carbonyl (C=O) groups excluding carboxylic acids is 2. The maximum absolute atomic E-state index is 10.7. The third kappa shape index (κ3) is 11.7. The van der Waals surface area contributed by atoms with Crippen LogP contribution in [0.25, 0.3) is 0 Å². The highest BCUT2D eigenvalue weighted by Gasteiger charge is 2.21. The number of hydrogen-bond donors (Lipinski definition) is 1. The van der Waals surface area contributed by atoms with Crippen molar-refractivity contribution in [3.8, 4) is 0 Å². The van der Waals surface area contributed by atoms with E-state index < -0.39 is 10.1 Å². The first-order valence-electron chi connectivity index (χ1n) is 5.79.